The lowest BCUT2D eigenvalue weighted by atomic mass is 9.77. The van der Waals surface area contributed by atoms with E-state index in [1.165, 1.54) is 6.42 Å². The lowest BCUT2D eigenvalue weighted by Crippen LogP contribution is -2.41. The number of fused-ring (bicyclic) bond motifs is 1. The minimum Gasteiger partial charge on any atom is -0.378 e. The molecular weight excluding hydrogens is 282 g/mol. The molecule has 2 aromatic heterocycles. The summed E-state index contributed by atoms with van der Waals surface area (Å²) in [5.41, 5.74) is 1.75. The van der Waals surface area contributed by atoms with Crippen LogP contribution in [-0.2, 0) is 11.2 Å². The van der Waals surface area contributed by atoms with Gasteiger partial charge in [0.25, 0.3) is 0 Å². The number of hydrogen-bond donors (Lipinski definition) is 1. The van der Waals surface area contributed by atoms with Gasteiger partial charge in [0.2, 0.25) is 0 Å². The van der Waals surface area contributed by atoms with E-state index in [4.69, 9.17) is 4.74 Å². The van der Waals surface area contributed by atoms with Gasteiger partial charge >= 0.3 is 0 Å². The highest BCUT2D eigenvalue weighted by atomic mass is 79.9. The summed E-state index contributed by atoms with van der Waals surface area (Å²) < 4.78 is 6.57. The Bertz CT molecular complexity index is 542. The molecule has 0 aromatic carbocycles. The van der Waals surface area contributed by atoms with Crippen LogP contribution in [0.25, 0.3) is 11.2 Å². The molecular formula is C12H14BrN3O. The molecule has 0 saturated heterocycles. The minimum atomic E-state index is 0.00507. The van der Waals surface area contributed by atoms with Crippen LogP contribution >= 0.6 is 15.9 Å². The van der Waals surface area contributed by atoms with E-state index in [-0.39, 0.29) is 5.60 Å². The molecule has 0 unspecified atom stereocenters. The Morgan fingerprint density at radius 1 is 1.53 bits per heavy atom. The molecule has 0 aliphatic heterocycles. The van der Waals surface area contributed by atoms with Crippen LogP contribution in [-0.4, -0.2) is 27.7 Å². The SMILES string of the molecule is COC1(Cc2nc3ncc(Br)cc3[nH]2)CCC1. The van der Waals surface area contributed by atoms with Crippen molar-refractivity contribution in [2.75, 3.05) is 7.11 Å². The Morgan fingerprint density at radius 2 is 2.35 bits per heavy atom. The molecule has 0 radical (unpaired) electrons. The zero-order chi connectivity index (χ0) is 11.9. The zero-order valence-electron chi connectivity index (χ0n) is 9.66. The second-order valence-corrected chi connectivity index (χ2v) is 5.54. The Labute approximate surface area is 108 Å². The molecule has 0 amide bonds. The maximum absolute atomic E-state index is 5.61. The van der Waals surface area contributed by atoms with Crippen LogP contribution in [0.1, 0.15) is 25.1 Å². The molecule has 2 aromatic rings. The van der Waals surface area contributed by atoms with Gasteiger partial charge in [-0.2, -0.15) is 0 Å². The number of hydrogen-bond acceptors (Lipinski definition) is 3. The maximum Gasteiger partial charge on any atom is 0.177 e. The van der Waals surface area contributed by atoms with Gasteiger partial charge in [-0.15, -0.1) is 0 Å². The first-order chi connectivity index (χ1) is 8.21. The third kappa shape index (κ3) is 1.98. The van der Waals surface area contributed by atoms with Gasteiger partial charge in [0.05, 0.1) is 11.1 Å². The van der Waals surface area contributed by atoms with Crippen molar-refractivity contribution in [3.05, 3.63) is 22.6 Å². The highest BCUT2D eigenvalue weighted by molar-refractivity contribution is 9.10. The van der Waals surface area contributed by atoms with Gasteiger partial charge in [-0.25, -0.2) is 9.97 Å². The van der Waals surface area contributed by atoms with Crippen molar-refractivity contribution < 1.29 is 4.74 Å². The van der Waals surface area contributed by atoms with Crippen molar-refractivity contribution in [1.29, 1.82) is 0 Å². The van der Waals surface area contributed by atoms with E-state index in [0.29, 0.717) is 0 Å². The van der Waals surface area contributed by atoms with Crippen LogP contribution in [0, 0.1) is 0 Å². The highest BCUT2D eigenvalue weighted by Crippen LogP contribution is 2.37. The van der Waals surface area contributed by atoms with Gasteiger partial charge in [0.1, 0.15) is 5.82 Å². The molecule has 1 saturated carbocycles. The van der Waals surface area contributed by atoms with Gasteiger partial charge < -0.3 is 9.72 Å². The van der Waals surface area contributed by atoms with E-state index in [1.807, 2.05) is 6.07 Å². The summed E-state index contributed by atoms with van der Waals surface area (Å²) in [6.45, 7) is 0. The second kappa shape index (κ2) is 4.07. The Balaban J connectivity index is 1.90. The minimum absolute atomic E-state index is 0.00507. The van der Waals surface area contributed by atoms with Crippen molar-refractivity contribution in [2.24, 2.45) is 0 Å². The van der Waals surface area contributed by atoms with E-state index in [1.54, 1.807) is 13.3 Å². The van der Waals surface area contributed by atoms with Crippen LogP contribution in [0.5, 0.6) is 0 Å². The average molecular weight is 296 g/mol. The molecule has 1 fully saturated rings. The standard InChI is InChI=1S/C12H14BrN3O/c1-17-12(3-2-4-12)6-10-15-9-5-8(13)7-14-11(9)16-10/h5,7H,2-4,6H2,1H3,(H,14,15,16). The summed E-state index contributed by atoms with van der Waals surface area (Å²) in [5, 5.41) is 0. The number of aromatic amines is 1. The molecule has 17 heavy (non-hydrogen) atoms. The highest BCUT2D eigenvalue weighted by Gasteiger charge is 2.37. The molecule has 0 spiro atoms. The molecule has 0 atom stereocenters. The molecule has 1 N–H and O–H groups in total. The fraction of sp³-hybridized carbons (Fsp3) is 0.500. The molecule has 90 valence electrons. The number of aromatic nitrogens is 3. The summed E-state index contributed by atoms with van der Waals surface area (Å²) >= 11 is 3.41. The normalized spacial score (nSPS) is 18.2. The van der Waals surface area contributed by atoms with Crippen molar-refractivity contribution in [3.63, 3.8) is 0 Å². The fourth-order valence-corrected chi connectivity index (χ4v) is 2.67. The van der Waals surface area contributed by atoms with Crippen LogP contribution in [0.4, 0.5) is 0 Å². The first-order valence-corrected chi connectivity index (χ1v) is 6.55. The van der Waals surface area contributed by atoms with Gasteiger partial charge in [0, 0.05) is 24.2 Å². The number of ether oxygens (including phenoxy) is 1. The number of rotatable bonds is 3. The smallest absolute Gasteiger partial charge is 0.177 e. The van der Waals surface area contributed by atoms with E-state index < -0.39 is 0 Å². The number of nitrogens with one attached hydrogen (secondary N) is 1. The van der Waals surface area contributed by atoms with Gasteiger partial charge in [-0.3, -0.25) is 0 Å². The largest absolute Gasteiger partial charge is 0.378 e. The third-order valence-electron chi connectivity index (χ3n) is 3.54. The van der Waals surface area contributed by atoms with Crippen LogP contribution < -0.4 is 0 Å². The van der Waals surface area contributed by atoms with Gasteiger partial charge in [-0.05, 0) is 41.3 Å². The molecule has 5 heteroatoms. The van der Waals surface area contributed by atoms with E-state index in [9.17, 15) is 0 Å². The Hall–Kier alpha value is -0.940. The number of imidazole rings is 1. The summed E-state index contributed by atoms with van der Waals surface area (Å²) in [6, 6.07) is 2.00. The van der Waals surface area contributed by atoms with Crippen LogP contribution in [0.15, 0.2) is 16.7 Å². The summed E-state index contributed by atoms with van der Waals surface area (Å²) in [5.74, 6) is 0.965. The molecule has 2 heterocycles. The zero-order valence-corrected chi connectivity index (χ0v) is 11.2. The first-order valence-electron chi connectivity index (χ1n) is 5.76. The Morgan fingerprint density at radius 3 is 3.00 bits per heavy atom. The van der Waals surface area contributed by atoms with Crippen molar-refractivity contribution in [2.45, 2.75) is 31.3 Å². The second-order valence-electron chi connectivity index (χ2n) is 4.63. The Kier molecular flexibility index (Phi) is 2.67. The lowest BCUT2D eigenvalue weighted by molar-refractivity contribution is -0.0719. The molecule has 1 aliphatic carbocycles. The maximum atomic E-state index is 5.61. The number of nitrogens with zero attached hydrogens (tertiary/aromatic N) is 2. The fourth-order valence-electron chi connectivity index (χ4n) is 2.34. The van der Waals surface area contributed by atoms with Crippen molar-refractivity contribution in [1.82, 2.24) is 15.0 Å². The van der Waals surface area contributed by atoms with E-state index in [0.717, 1.165) is 40.7 Å². The summed E-state index contributed by atoms with van der Waals surface area (Å²) in [6.07, 6.45) is 6.10. The van der Waals surface area contributed by atoms with Gasteiger partial charge in [0.15, 0.2) is 5.65 Å². The van der Waals surface area contributed by atoms with E-state index in [2.05, 4.69) is 30.9 Å². The quantitative estimate of drug-likeness (QED) is 0.947. The first kappa shape index (κ1) is 11.2. The molecule has 0 bridgehead atoms. The van der Waals surface area contributed by atoms with Gasteiger partial charge in [-0.1, -0.05) is 0 Å². The van der Waals surface area contributed by atoms with E-state index >= 15 is 0 Å². The van der Waals surface area contributed by atoms with Crippen molar-refractivity contribution >= 4 is 27.1 Å². The number of pyridine rings is 1. The number of halogens is 1. The summed E-state index contributed by atoms with van der Waals surface area (Å²) in [7, 11) is 1.79. The monoisotopic (exact) mass is 295 g/mol. The predicted molar refractivity (Wildman–Crippen MR) is 68.9 cm³/mol. The number of methoxy groups -OCH3 is 1. The summed E-state index contributed by atoms with van der Waals surface area (Å²) in [4.78, 5) is 12.1. The van der Waals surface area contributed by atoms with Crippen LogP contribution in [0.3, 0.4) is 0 Å². The molecule has 1 aliphatic rings. The lowest BCUT2D eigenvalue weighted by Gasteiger charge is -2.39. The topological polar surface area (TPSA) is 50.8 Å². The average Bonchev–Trinajstić information content (AvgIpc) is 2.65. The molecule has 3 rings (SSSR count). The third-order valence-corrected chi connectivity index (χ3v) is 3.97. The van der Waals surface area contributed by atoms with Crippen LogP contribution in [0.2, 0.25) is 0 Å². The molecule has 4 nitrogen and oxygen atoms in total. The van der Waals surface area contributed by atoms with Crippen molar-refractivity contribution in [3.8, 4) is 0 Å². The number of H-pyrrole nitrogens is 1. The predicted octanol–water partition coefficient (Wildman–Crippen LogP) is 2.83.